The molecule has 0 spiro atoms. The summed E-state index contributed by atoms with van der Waals surface area (Å²) in [5, 5.41) is 3.14. The third-order valence-electron chi connectivity index (χ3n) is 2.38. The highest BCUT2D eigenvalue weighted by molar-refractivity contribution is 9.10. The Kier molecular flexibility index (Phi) is 7.44. The minimum absolute atomic E-state index is 0.0774. The van der Waals surface area contributed by atoms with Crippen LogP contribution in [0, 0.1) is 0 Å². The van der Waals surface area contributed by atoms with E-state index in [1.165, 1.54) is 5.56 Å². The molecule has 0 fully saturated rings. The Morgan fingerprint density at radius 1 is 1.24 bits per heavy atom. The van der Waals surface area contributed by atoms with Gasteiger partial charge in [0.2, 0.25) is 0 Å². The van der Waals surface area contributed by atoms with Crippen molar-refractivity contribution in [2.24, 2.45) is 0 Å². The van der Waals surface area contributed by atoms with E-state index in [4.69, 9.17) is 9.47 Å². The van der Waals surface area contributed by atoms with Crippen LogP contribution < -0.4 is 5.32 Å². The summed E-state index contributed by atoms with van der Waals surface area (Å²) in [6.07, 6.45) is 0.0774. The molecule has 0 aliphatic heterocycles. The van der Waals surface area contributed by atoms with Crippen LogP contribution in [0.2, 0.25) is 0 Å². The van der Waals surface area contributed by atoms with E-state index in [1.54, 1.807) is 0 Å². The molecule has 0 aromatic heterocycles. The lowest BCUT2D eigenvalue weighted by Gasteiger charge is -2.18. The quantitative estimate of drug-likeness (QED) is 0.749. The summed E-state index contributed by atoms with van der Waals surface area (Å²) in [6, 6.07) is 8.22. The zero-order chi connectivity index (χ0) is 12.5. The fourth-order valence-corrected chi connectivity index (χ4v) is 1.79. The molecule has 1 atom stereocenters. The van der Waals surface area contributed by atoms with Crippen LogP contribution in [0.4, 0.5) is 0 Å². The Morgan fingerprint density at radius 3 is 2.53 bits per heavy atom. The third-order valence-corrected chi connectivity index (χ3v) is 2.91. The van der Waals surface area contributed by atoms with E-state index in [0.717, 1.165) is 17.6 Å². The molecule has 0 saturated carbocycles. The van der Waals surface area contributed by atoms with Crippen molar-refractivity contribution >= 4 is 15.9 Å². The second-order valence-corrected chi connectivity index (χ2v) is 4.58. The smallest absolute Gasteiger partial charge is 0.0950 e. The van der Waals surface area contributed by atoms with Crippen LogP contribution in [0.1, 0.15) is 18.6 Å². The van der Waals surface area contributed by atoms with Crippen molar-refractivity contribution in [2.45, 2.75) is 13.0 Å². The molecule has 1 aromatic rings. The zero-order valence-corrected chi connectivity index (χ0v) is 12.0. The molecule has 1 aromatic carbocycles. The van der Waals surface area contributed by atoms with Crippen LogP contribution in [-0.4, -0.2) is 33.4 Å². The number of halogens is 1. The molecule has 96 valence electrons. The Hall–Kier alpha value is -0.420. The van der Waals surface area contributed by atoms with Gasteiger partial charge >= 0.3 is 0 Å². The minimum Gasteiger partial charge on any atom is -0.379 e. The zero-order valence-electron chi connectivity index (χ0n) is 10.4. The van der Waals surface area contributed by atoms with Gasteiger partial charge < -0.3 is 14.8 Å². The molecule has 17 heavy (non-hydrogen) atoms. The van der Waals surface area contributed by atoms with Crippen LogP contribution in [0.15, 0.2) is 28.7 Å². The molecule has 0 saturated heterocycles. The van der Waals surface area contributed by atoms with Gasteiger partial charge in [0.05, 0.1) is 19.3 Å². The van der Waals surface area contributed by atoms with E-state index >= 15 is 0 Å². The lowest BCUT2D eigenvalue weighted by atomic mass is 10.1. The van der Waals surface area contributed by atoms with E-state index in [-0.39, 0.29) is 6.10 Å². The van der Waals surface area contributed by atoms with Crippen LogP contribution in [0.5, 0.6) is 0 Å². The number of nitrogens with one attached hydrogen (secondary N) is 1. The molecular weight excluding hydrogens is 282 g/mol. The molecule has 1 N–H and O–H groups in total. The molecule has 0 amide bonds. The lowest BCUT2D eigenvalue weighted by molar-refractivity contribution is 0.00761. The maximum Gasteiger partial charge on any atom is 0.0950 e. The molecule has 0 aliphatic rings. The number of benzene rings is 1. The van der Waals surface area contributed by atoms with Crippen molar-refractivity contribution in [2.75, 3.05) is 33.4 Å². The van der Waals surface area contributed by atoms with E-state index in [1.807, 2.05) is 26.1 Å². The van der Waals surface area contributed by atoms with Crippen molar-refractivity contribution in [3.05, 3.63) is 34.3 Å². The highest BCUT2D eigenvalue weighted by atomic mass is 79.9. The van der Waals surface area contributed by atoms with Gasteiger partial charge in [-0.25, -0.2) is 0 Å². The Balaban J connectivity index is 2.49. The molecule has 4 heteroatoms. The highest BCUT2D eigenvalue weighted by Gasteiger charge is 2.10. The molecule has 0 bridgehead atoms. The first-order valence-corrected chi connectivity index (χ1v) is 6.66. The second-order valence-electron chi connectivity index (χ2n) is 3.67. The van der Waals surface area contributed by atoms with Crippen molar-refractivity contribution in [3.63, 3.8) is 0 Å². The molecule has 0 aliphatic carbocycles. The number of rotatable bonds is 8. The predicted octanol–water partition coefficient (Wildman–Crippen LogP) is 2.76. The van der Waals surface area contributed by atoms with E-state index in [2.05, 4.69) is 33.4 Å². The van der Waals surface area contributed by atoms with Gasteiger partial charge in [0.15, 0.2) is 0 Å². The largest absolute Gasteiger partial charge is 0.379 e. The summed E-state index contributed by atoms with van der Waals surface area (Å²) in [5.41, 5.74) is 1.18. The van der Waals surface area contributed by atoms with Crippen molar-refractivity contribution in [1.82, 2.24) is 5.32 Å². The Morgan fingerprint density at radius 2 is 1.94 bits per heavy atom. The summed E-state index contributed by atoms with van der Waals surface area (Å²) in [7, 11) is 1.93. The average Bonchev–Trinajstić information content (AvgIpc) is 2.34. The van der Waals surface area contributed by atoms with E-state index < -0.39 is 0 Å². The van der Waals surface area contributed by atoms with Gasteiger partial charge in [-0.2, -0.15) is 0 Å². The van der Waals surface area contributed by atoms with E-state index in [9.17, 15) is 0 Å². The number of hydrogen-bond donors (Lipinski definition) is 1. The summed E-state index contributed by atoms with van der Waals surface area (Å²) in [6.45, 7) is 4.79. The molecular formula is C13H20BrNO2. The number of ether oxygens (including phenoxy) is 2. The van der Waals surface area contributed by atoms with Crippen LogP contribution in [0.25, 0.3) is 0 Å². The van der Waals surface area contributed by atoms with Crippen molar-refractivity contribution in [3.8, 4) is 0 Å². The number of hydrogen-bond acceptors (Lipinski definition) is 3. The van der Waals surface area contributed by atoms with Crippen LogP contribution in [0.3, 0.4) is 0 Å². The van der Waals surface area contributed by atoms with Gasteiger partial charge in [-0.15, -0.1) is 0 Å². The van der Waals surface area contributed by atoms with Crippen LogP contribution >= 0.6 is 15.9 Å². The van der Waals surface area contributed by atoms with Gasteiger partial charge in [-0.3, -0.25) is 0 Å². The summed E-state index contributed by atoms with van der Waals surface area (Å²) in [4.78, 5) is 0. The Bertz CT molecular complexity index is 303. The average molecular weight is 302 g/mol. The van der Waals surface area contributed by atoms with E-state index in [0.29, 0.717) is 13.2 Å². The minimum atomic E-state index is 0.0774. The predicted molar refractivity (Wildman–Crippen MR) is 73.3 cm³/mol. The van der Waals surface area contributed by atoms with Gasteiger partial charge in [0, 0.05) is 17.6 Å². The summed E-state index contributed by atoms with van der Waals surface area (Å²) < 4.78 is 12.2. The van der Waals surface area contributed by atoms with Crippen molar-refractivity contribution in [1.29, 1.82) is 0 Å². The molecule has 3 nitrogen and oxygen atoms in total. The molecule has 0 heterocycles. The highest BCUT2D eigenvalue weighted by Crippen LogP contribution is 2.19. The SMILES string of the molecule is CCOCCOC(CNC)c1ccc(Br)cc1. The van der Waals surface area contributed by atoms with Gasteiger partial charge in [-0.1, -0.05) is 28.1 Å². The maximum atomic E-state index is 5.81. The van der Waals surface area contributed by atoms with Gasteiger partial charge in [0.25, 0.3) is 0 Å². The topological polar surface area (TPSA) is 30.5 Å². The standard InChI is InChI=1S/C13H20BrNO2/c1-3-16-8-9-17-13(10-15-2)11-4-6-12(14)7-5-11/h4-7,13,15H,3,8-10H2,1-2H3. The second kappa shape index (κ2) is 8.64. The van der Waals surface area contributed by atoms with Gasteiger partial charge in [-0.05, 0) is 31.7 Å². The van der Waals surface area contributed by atoms with Crippen molar-refractivity contribution < 1.29 is 9.47 Å². The lowest BCUT2D eigenvalue weighted by Crippen LogP contribution is -2.21. The van der Waals surface area contributed by atoms with Gasteiger partial charge in [0.1, 0.15) is 0 Å². The first-order valence-electron chi connectivity index (χ1n) is 5.87. The summed E-state index contributed by atoms with van der Waals surface area (Å²) in [5.74, 6) is 0. The summed E-state index contributed by atoms with van der Waals surface area (Å²) >= 11 is 3.43. The first kappa shape index (κ1) is 14.6. The van der Waals surface area contributed by atoms with Crippen LogP contribution in [-0.2, 0) is 9.47 Å². The normalized spacial score (nSPS) is 12.6. The number of likely N-dealkylation sites (N-methyl/N-ethyl adjacent to an activating group) is 1. The molecule has 1 unspecified atom stereocenters. The third kappa shape index (κ3) is 5.64. The fraction of sp³-hybridized carbons (Fsp3) is 0.538. The fourth-order valence-electron chi connectivity index (χ4n) is 1.53. The molecule has 1 rings (SSSR count). The molecule has 0 radical (unpaired) electrons. The first-order chi connectivity index (χ1) is 8.27. The Labute approximate surface area is 112 Å². The monoisotopic (exact) mass is 301 g/mol. The maximum absolute atomic E-state index is 5.81.